The van der Waals surface area contributed by atoms with Crippen molar-refractivity contribution in [3.8, 4) is 5.69 Å². The van der Waals surface area contributed by atoms with Crippen LogP contribution < -0.4 is 5.73 Å². The zero-order valence-corrected chi connectivity index (χ0v) is 9.49. The normalized spacial score (nSPS) is 24.1. The molecule has 2 atom stereocenters. The van der Waals surface area contributed by atoms with Crippen LogP contribution in [0, 0.1) is 0 Å². The number of ether oxygens (including phenoxy) is 1. The van der Waals surface area contributed by atoms with Crippen molar-refractivity contribution in [3.05, 3.63) is 48.3 Å². The van der Waals surface area contributed by atoms with Gasteiger partial charge in [0.25, 0.3) is 0 Å². The van der Waals surface area contributed by atoms with Crippen LogP contribution >= 0.6 is 0 Å². The monoisotopic (exact) mass is 229 g/mol. The molecule has 0 spiro atoms. The van der Waals surface area contributed by atoms with Gasteiger partial charge in [-0.1, -0.05) is 18.2 Å². The molecule has 0 unspecified atom stereocenters. The molecule has 4 nitrogen and oxygen atoms in total. The maximum absolute atomic E-state index is 6.05. The zero-order chi connectivity index (χ0) is 11.7. The quantitative estimate of drug-likeness (QED) is 0.852. The first-order valence-corrected chi connectivity index (χ1v) is 5.83. The molecule has 3 rings (SSSR count). The molecule has 2 N–H and O–H groups in total. The van der Waals surface area contributed by atoms with Crippen LogP contribution in [0.25, 0.3) is 5.69 Å². The zero-order valence-electron chi connectivity index (χ0n) is 9.49. The minimum atomic E-state index is -0.0438. The van der Waals surface area contributed by atoms with E-state index in [0.717, 1.165) is 24.4 Å². The molecule has 2 heterocycles. The van der Waals surface area contributed by atoms with Crippen LogP contribution in [-0.2, 0) is 4.74 Å². The first-order valence-electron chi connectivity index (χ1n) is 5.83. The second-order valence-corrected chi connectivity index (χ2v) is 4.25. The van der Waals surface area contributed by atoms with Gasteiger partial charge in [0.05, 0.1) is 11.4 Å². The third-order valence-corrected chi connectivity index (χ3v) is 3.10. The van der Waals surface area contributed by atoms with Gasteiger partial charge in [-0.3, -0.25) is 0 Å². The molecule has 2 aromatic rings. The van der Waals surface area contributed by atoms with Crippen molar-refractivity contribution in [2.45, 2.75) is 18.6 Å². The van der Waals surface area contributed by atoms with Gasteiger partial charge in [0, 0.05) is 18.8 Å². The number of nitrogens with two attached hydrogens (primary N) is 1. The Kier molecular flexibility index (Phi) is 2.66. The molecule has 1 aliphatic heterocycles. The summed E-state index contributed by atoms with van der Waals surface area (Å²) in [6, 6.07) is 12.1. The van der Waals surface area contributed by atoms with Crippen LogP contribution in [0.5, 0.6) is 0 Å². The highest BCUT2D eigenvalue weighted by molar-refractivity contribution is 5.33. The van der Waals surface area contributed by atoms with Gasteiger partial charge in [0.1, 0.15) is 6.10 Å². The SMILES string of the molecule is N[C@@H]1CCO[C@@H]1c1ccnn1-c1ccccc1. The summed E-state index contributed by atoms with van der Waals surface area (Å²) in [5, 5.41) is 4.35. The number of hydrogen-bond donors (Lipinski definition) is 1. The molecule has 1 aromatic carbocycles. The lowest BCUT2D eigenvalue weighted by molar-refractivity contribution is 0.0995. The fourth-order valence-corrected chi connectivity index (χ4v) is 2.22. The fourth-order valence-electron chi connectivity index (χ4n) is 2.22. The highest BCUT2D eigenvalue weighted by atomic mass is 16.5. The standard InChI is InChI=1S/C13H15N3O/c14-11-7-9-17-13(11)12-6-8-15-16(12)10-4-2-1-3-5-10/h1-6,8,11,13H,7,9,14H2/t11-,13+/m1/s1. The van der Waals surface area contributed by atoms with E-state index >= 15 is 0 Å². The first kappa shape index (κ1) is 10.5. The molecule has 1 aliphatic rings. The van der Waals surface area contributed by atoms with E-state index in [9.17, 15) is 0 Å². The predicted molar refractivity (Wildman–Crippen MR) is 64.8 cm³/mol. The molecule has 0 aliphatic carbocycles. The summed E-state index contributed by atoms with van der Waals surface area (Å²) in [5.74, 6) is 0. The number of benzene rings is 1. The lowest BCUT2D eigenvalue weighted by Crippen LogP contribution is -2.25. The van der Waals surface area contributed by atoms with E-state index in [0.29, 0.717) is 0 Å². The van der Waals surface area contributed by atoms with Crippen molar-refractivity contribution in [2.24, 2.45) is 5.73 Å². The summed E-state index contributed by atoms with van der Waals surface area (Å²) in [5.41, 5.74) is 8.12. The number of nitrogens with zero attached hydrogens (tertiary/aromatic N) is 2. The Bertz CT molecular complexity index is 494. The Morgan fingerprint density at radius 1 is 1.24 bits per heavy atom. The summed E-state index contributed by atoms with van der Waals surface area (Å²) in [6.45, 7) is 0.728. The van der Waals surface area contributed by atoms with Crippen molar-refractivity contribution in [2.75, 3.05) is 6.61 Å². The number of rotatable bonds is 2. The fraction of sp³-hybridized carbons (Fsp3) is 0.308. The molecule has 17 heavy (non-hydrogen) atoms. The summed E-state index contributed by atoms with van der Waals surface area (Å²) in [7, 11) is 0. The minimum Gasteiger partial charge on any atom is -0.370 e. The van der Waals surface area contributed by atoms with Crippen molar-refractivity contribution in [1.29, 1.82) is 0 Å². The topological polar surface area (TPSA) is 53.1 Å². The Hall–Kier alpha value is -1.65. The average molecular weight is 229 g/mol. The molecule has 0 saturated carbocycles. The summed E-state index contributed by atoms with van der Waals surface area (Å²) in [6.07, 6.45) is 2.65. The Morgan fingerprint density at radius 2 is 2.06 bits per heavy atom. The molecule has 0 amide bonds. The van der Waals surface area contributed by atoms with Crippen LogP contribution in [0.4, 0.5) is 0 Å². The van der Waals surface area contributed by atoms with Crippen LogP contribution in [0.3, 0.4) is 0 Å². The molecule has 4 heteroatoms. The van der Waals surface area contributed by atoms with Crippen molar-refractivity contribution < 1.29 is 4.74 Å². The van der Waals surface area contributed by atoms with E-state index in [1.165, 1.54) is 0 Å². The maximum Gasteiger partial charge on any atom is 0.115 e. The third kappa shape index (κ3) is 1.85. The third-order valence-electron chi connectivity index (χ3n) is 3.10. The molecule has 1 fully saturated rings. The Balaban J connectivity index is 2.00. The highest BCUT2D eigenvalue weighted by Gasteiger charge is 2.29. The second-order valence-electron chi connectivity index (χ2n) is 4.25. The van der Waals surface area contributed by atoms with Gasteiger partial charge in [-0.15, -0.1) is 0 Å². The lowest BCUT2D eigenvalue weighted by atomic mass is 10.1. The van der Waals surface area contributed by atoms with Gasteiger partial charge in [0.15, 0.2) is 0 Å². The number of hydrogen-bond acceptors (Lipinski definition) is 3. The number of para-hydroxylation sites is 1. The van der Waals surface area contributed by atoms with Gasteiger partial charge < -0.3 is 10.5 Å². The van der Waals surface area contributed by atoms with Gasteiger partial charge in [-0.25, -0.2) is 4.68 Å². The van der Waals surface area contributed by atoms with E-state index in [1.807, 2.05) is 41.1 Å². The van der Waals surface area contributed by atoms with Crippen LogP contribution in [0.15, 0.2) is 42.6 Å². The van der Waals surface area contributed by atoms with E-state index in [2.05, 4.69) is 5.10 Å². The predicted octanol–water partition coefficient (Wildman–Crippen LogP) is 1.66. The van der Waals surface area contributed by atoms with Gasteiger partial charge in [-0.05, 0) is 24.6 Å². The van der Waals surface area contributed by atoms with E-state index in [4.69, 9.17) is 10.5 Å². The van der Waals surface area contributed by atoms with Crippen molar-refractivity contribution in [1.82, 2.24) is 9.78 Å². The molecule has 88 valence electrons. The Morgan fingerprint density at radius 3 is 2.76 bits per heavy atom. The molecular weight excluding hydrogens is 214 g/mol. The van der Waals surface area contributed by atoms with Gasteiger partial charge >= 0.3 is 0 Å². The van der Waals surface area contributed by atoms with Crippen molar-refractivity contribution >= 4 is 0 Å². The molecule has 1 aromatic heterocycles. The number of aromatic nitrogens is 2. The summed E-state index contributed by atoms with van der Waals surface area (Å²) >= 11 is 0. The summed E-state index contributed by atoms with van der Waals surface area (Å²) in [4.78, 5) is 0. The average Bonchev–Trinajstić information content (AvgIpc) is 2.98. The van der Waals surface area contributed by atoms with Crippen LogP contribution in [0.2, 0.25) is 0 Å². The molecule has 1 saturated heterocycles. The van der Waals surface area contributed by atoms with E-state index in [-0.39, 0.29) is 12.1 Å². The molecule has 0 bridgehead atoms. The minimum absolute atomic E-state index is 0.0438. The van der Waals surface area contributed by atoms with Crippen LogP contribution in [-0.4, -0.2) is 22.4 Å². The first-order chi connectivity index (χ1) is 8.36. The molecule has 0 radical (unpaired) electrons. The van der Waals surface area contributed by atoms with E-state index < -0.39 is 0 Å². The Labute approximate surface area is 100 Å². The highest BCUT2D eigenvalue weighted by Crippen LogP contribution is 2.28. The maximum atomic E-state index is 6.05. The lowest BCUT2D eigenvalue weighted by Gasteiger charge is -2.16. The second kappa shape index (κ2) is 4.31. The largest absolute Gasteiger partial charge is 0.370 e. The van der Waals surface area contributed by atoms with Crippen molar-refractivity contribution in [3.63, 3.8) is 0 Å². The summed E-state index contributed by atoms with van der Waals surface area (Å²) < 4.78 is 7.58. The molecular formula is C13H15N3O. The van der Waals surface area contributed by atoms with E-state index in [1.54, 1.807) is 6.20 Å². The van der Waals surface area contributed by atoms with Gasteiger partial charge in [-0.2, -0.15) is 5.10 Å². The van der Waals surface area contributed by atoms with Crippen LogP contribution in [0.1, 0.15) is 18.2 Å². The van der Waals surface area contributed by atoms with Gasteiger partial charge in [0.2, 0.25) is 0 Å². The smallest absolute Gasteiger partial charge is 0.115 e.